The normalized spacial score (nSPS) is 15.2. The summed E-state index contributed by atoms with van der Waals surface area (Å²) in [6, 6.07) is 8.49. The van der Waals surface area contributed by atoms with E-state index in [1.807, 2.05) is 6.07 Å². The van der Waals surface area contributed by atoms with Gasteiger partial charge in [0.1, 0.15) is 17.2 Å². The molecule has 2 aromatic carbocycles. The van der Waals surface area contributed by atoms with Crippen LogP contribution in [0.2, 0.25) is 5.02 Å². The van der Waals surface area contributed by atoms with Crippen molar-refractivity contribution in [2.75, 3.05) is 42.9 Å². The molecule has 7 heteroatoms. The molecule has 1 N–H and O–H groups in total. The third kappa shape index (κ3) is 3.97. The minimum Gasteiger partial charge on any atom is -0.367 e. The second-order valence-electron chi connectivity index (χ2n) is 6.13. The summed E-state index contributed by atoms with van der Waals surface area (Å²) in [4.78, 5) is 16.9. The summed E-state index contributed by atoms with van der Waals surface area (Å²) in [6.45, 7) is 6.53. The van der Waals surface area contributed by atoms with Gasteiger partial charge in [0.2, 0.25) is 0 Å². The first kappa shape index (κ1) is 18.6. The molecule has 1 fully saturated rings. The molecule has 0 aromatic heterocycles. The Balaban J connectivity index is 1.86. The Morgan fingerprint density at radius 2 is 1.77 bits per heavy atom. The molecule has 26 heavy (non-hydrogen) atoms. The maximum absolute atomic E-state index is 13.9. The van der Waals surface area contributed by atoms with Gasteiger partial charge in [-0.15, -0.1) is 0 Å². The van der Waals surface area contributed by atoms with Crippen LogP contribution in [-0.2, 0) is 0 Å². The fourth-order valence-electron chi connectivity index (χ4n) is 3.09. The molecule has 138 valence electrons. The number of carbonyl (C=O) groups is 1. The van der Waals surface area contributed by atoms with Crippen molar-refractivity contribution in [3.63, 3.8) is 0 Å². The van der Waals surface area contributed by atoms with Crippen LogP contribution in [0.5, 0.6) is 0 Å². The molecule has 0 bridgehead atoms. The first-order valence-corrected chi connectivity index (χ1v) is 8.89. The monoisotopic (exact) mass is 379 g/mol. The largest absolute Gasteiger partial charge is 0.367 e. The van der Waals surface area contributed by atoms with Gasteiger partial charge in [0.25, 0.3) is 5.91 Å². The summed E-state index contributed by atoms with van der Waals surface area (Å²) in [6.07, 6.45) is 0. The maximum atomic E-state index is 13.9. The van der Waals surface area contributed by atoms with Crippen LogP contribution in [0.4, 0.5) is 20.2 Å². The molecule has 1 aliphatic rings. The molecule has 1 saturated heterocycles. The second-order valence-corrected chi connectivity index (χ2v) is 6.57. The highest BCUT2D eigenvalue weighted by Gasteiger charge is 2.22. The van der Waals surface area contributed by atoms with Gasteiger partial charge in [-0.25, -0.2) is 8.78 Å². The van der Waals surface area contributed by atoms with Crippen molar-refractivity contribution in [2.24, 2.45) is 0 Å². The Hall–Kier alpha value is -2.18. The van der Waals surface area contributed by atoms with Gasteiger partial charge in [0, 0.05) is 31.2 Å². The number of nitrogens with zero attached hydrogens (tertiary/aromatic N) is 2. The van der Waals surface area contributed by atoms with Gasteiger partial charge in [-0.2, -0.15) is 0 Å². The molecule has 2 aromatic rings. The minimum atomic E-state index is -0.900. The lowest BCUT2D eigenvalue weighted by molar-refractivity contribution is 0.101. The van der Waals surface area contributed by atoms with E-state index in [4.69, 9.17) is 11.6 Å². The lowest BCUT2D eigenvalue weighted by Gasteiger charge is -2.36. The van der Waals surface area contributed by atoms with Crippen molar-refractivity contribution in [1.29, 1.82) is 0 Å². The van der Waals surface area contributed by atoms with E-state index in [-0.39, 0.29) is 0 Å². The van der Waals surface area contributed by atoms with Crippen LogP contribution in [0, 0.1) is 11.6 Å². The fourth-order valence-corrected chi connectivity index (χ4v) is 3.26. The predicted molar refractivity (Wildman–Crippen MR) is 100 cm³/mol. The number of benzene rings is 2. The standard InChI is InChI=1S/C19H20ClF2N3O/c1-2-24-8-10-25(11-9-24)17-7-6-13(20)12-16(17)23-19(26)18-14(21)4-3-5-15(18)22/h3-7,12H,2,8-11H2,1H3,(H,23,26). The number of amides is 1. The highest BCUT2D eigenvalue weighted by molar-refractivity contribution is 6.31. The van der Waals surface area contributed by atoms with Crippen LogP contribution in [0.15, 0.2) is 36.4 Å². The molecule has 0 spiro atoms. The first-order chi connectivity index (χ1) is 12.5. The van der Waals surface area contributed by atoms with Crippen molar-refractivity contribution in [1.82, 2.24) is 4.90 Å². The first-order valence-electron chi connectivity index (χ1n) is 8.51. The van der Waals surface area contributed by atoms with Crippen LogP contribution in [0.1, 0.15) is 17.3 Å². The van der Waals surface area contributed by atoms with Crippen molar-refractivity contribution in [3.05, 3.63) is 58.6 Å². The summed E-state index contributed by atoms with van der Waals surface area (Å²) in [5.74, 6) is -2.64. The van der Waals surface area contributed by atoms with Crippen LogP contribution in [0.25, 0.3) is 0 Å². The van der Waals surface area contributed by atoms with E-state index in [9.17, 15) is 13.6 Å². The van der Waals surface area contributed by atoms with E-state index in [0.717, 1.165) is 50.5 Å². The summed E-state index contributed by atoms with van der Waals surface area (Å²) in [5, 5.41) is 3.05. The quantitative estimate of drug-likeness (QED) is 0.871. The third-order valence-corrected chi connectivity index (χ3v) is 4.79. The molecule has 1 aliphatic heterocycles. The van der Waals surface area contributed by atoms with Gasteiger partial charge in [-0.3, -0.25) is 4.79 Å². The van der Waals surface area contributed by atoms with Crippen molar-refractivity contribution in [3.8, 4) is 0 Å². The van der Waals surface area contributed by atoms with E-state index in [2.05, 4.69) is 22.0 Å². The number of nitrogens with one attached hydrogen (secondary N) is 1. The van der Waals surface area contributed by atoms with Crippen LogP contribution >= 0.6 is 11.6 Å². The van der Waals surface area contributed by atoms with Gasteiger partial charge in [0.15, 0.2) is 0 Å². The van der Waals surface area contributed by atoms with Gasteiger partial charge in [0.05, 0.1) is 11.4 Å². The van der Waals surface area contributed by atoms with E-state index >= 15 is 0 Å². The lowest BCUT2D eigenvalue weighted by atomic mass is 10.1. The number of carbonyl (C=O) groups excluding carboxylic acids is 1. The van der Waals surface area contributed by atoms with E-state index in [0.29, 0.717) is 10.7 Å². The zero-order chi connectivity index (χ0) is 18.7. The average Bonchev–Trinajstić information content (AvgIpc) is 2.62. The molecule has 1 amide bonds. The lowest BCUT2D eigenvalue weighted by Crippen LogP contribution is -2.46. The highest BCUT2D eigenvalue weighted by Crippen LogP contribution is 2.31. The number of anilines is 2. The topological polar surface area (TPSA) is 35.6 Å². The van der Waals surface area contributed by atoms with Gasteiger partial charge < -0.3 is 15.1 Å². The van der Waals surface area contributed by atoms with Gasteiger partial charge in [-0.05, 0) is 36.9 Å². The Kier molecular flexibility index (Phi) is 5.74. The molecule has 0 unspecified atom stereocenters. The number of piperazine rings is 1. The molecule has 0 atom stereocenters. The molecule has 1 heterocycles. The number of hydrogen-bond acceptors (Lipinski definition) is 3. The second kappa shape index (κ2) is 8.01. The van der Waals surface area contributed by atoms with Crippen LogP contribution in [0.3, 0.4) is 0 Å². The number of likely N-dealkylation sites (N-methyl/N-ethyl adjacent to an activating group) is 1. The van der Waals surface area contributed by atoms with Crippen molar-refractivity contribution in [2.45, 2.75) is 6.92 Å². The Bertz CT molecular complexity index is 787. The summed E-state index contributed by atoms with van der Waals surface area (Å²) in [7, 11) is 0. The zero-order valence-corrected chi connectivity index (χ0v) is 15.2. The minimum absolute atomic E-state index is 0.435. The Morgan fingerprint density at radius 1 is 1.12 bits per heavy atom. The van der Waals surface area contributed by atoms with Crippen LogP contribution in [-0.4, -0.2) is 43.5 Å². The van der Waals surface area contributed by atoms with Crippen molar-refractivity contribution >= 4 is 28.9 Å². The van der Waals surface area contributed by atoms with Gasteiger partial charge >= 0.3 is 0 Å². The Labute approximate surface area is 156 Å². The molecule has 4 nitrogen and oxygen atoms in total. The summed E-state index contributed by atoms with van der Waals surface area (Å²) in [5.41, 5.74) is 0.625. The predicted octanol–water partition coefficient (Wildman–Crippen LogP) is 4.01. The molecule has 3 rings (SSSR count). The fraction of sp³-hybridized carbons (Fsp3) is 0.316. The smallest absolute Gasteiger partial charge is 0.261 e. The maximum Gasteiger partial charge on any atom is 0.261 e. The molecular formula is C19H20ClF2N3O. The average molecular weight is 380 g/mol. The highest BCUT2D eigenvalue weighted by atomic mass is 35.5. The summed E-state index contributed by atoms with van der Waals surface area (Å²) < 4.78 is 27.8. The number of hydrogen-bond donors (Lipinski definition) is 1. The third-order valence-electron chi connectivity index (χ3n) is 4.56. The molecule has 0 radical (unpaired) electrons. The number of halogens is 3. The zero-order valence-electron chi connectivity index (χ0n) is 14.4. The number of rotatable bonds is 4. The van der Waals surface area contributed by atoms with Gasteiger partial charge in [-0.1, -0.05) is 24.6 Å². The Morgan fingerprint density at radius 3 is 2.38 bits per heavy atom. The van der Waals surface area contributed by atoms with Crippen molar-refractivity contribution < 1.29 is 13.6 Å². The molecular weight excluding hydrogens is 360 g/mol. The summed E-state index contributed by atoms with van der Waals surface area (Å²) >= 11 is 6.07. The SMILES string of the molecule is CCN1CCN(c2ccc(Cl)cc2NC(=O)c2c(F)cccc2F)CC1. The molecule has 0 aliphatic carbocycles. The molecule has 0 saturated carbocycles. The van der Waals surface area contributed by atoms with E-state index in [1.165, 1.54) is 6.07 Å². The van der Waals surface area contributed by atoms with E-state index < -0.39 is 23.1 Å². The van der Waals surface area contributed by atoms with E-state index in [1.54, 1.807) is 12.1 Å². The van der Waals surface area contributed by atoms with Crippen LogP contribution < -0.4 is 10.2 Å².